The average molecular weight is 211 g/mol. The summed E-state index contributed by atoms with van der Waals surface area (Å²) in [5, 5.41) is 8.93. The van der Waals surface area contributed by atoms with Crippen LogP contribution in [0.2, 0.25) is 0 Å². The van der Waals surface area contributed by atoms with Crippen molar-refractivity contribution >= 4 is 0 Å². The molecule has 1 heterocycles. The van der Waals surface area contributed by atoms with E-state index in [1.165, 1.54) is 0 Å². The van der Waals surface area contributed by atoms with Gasteiger partial charge in [-0.2, -0.15) is 0 Å². The maximum absolute atomic E-state index is 13.7. The van der Waals surface area contributed by atoms with Crippen LogP contribution in [-0.2, 0) is 11.2 Å². The summed E-state index contributed by atoms with van der Waals surface area (Å²) in [6.45, 7) is -0.292. The van der Waals surface area contributed by atoms with Crippen LogP contribution in [0.25, 0.3) is 0 Å². The van der Waals surface area contributed by atoms with Crippen molar-refractivity contribution < 1.29 is 15.6 Å². The van der Waals surface area contributed by atoms with E-state index < -0.39 is 24.8 Å². The normalized spacial score (nSPS) is 36.5. The maximum atomic E-state index is 13.7. The number of benzene rings is 1. The predicted octanol–water partition coefficient (Wildman–Crippen LogP) is 1.72. The van der Waals surface area contributed by atoms with Crippen molar-refractivity contribution in [2.24, 2.45) is 0 Å². The van der Waals surface area contributed by atoms with Gasteiger partial charge in [0.25, 0.3) is 0 Å². The SMILES string of the molecule is [2H]C1[C@@H](CO)O[C@@H](Cc2ccccc2)[C@H]1F. The topological polar surface area (TPSA) is 29.5 Å². The zero-order valence-corrected chi connectivity index (χ0v) is 8.34. The van der Waals surface area contributed by atoms with Crippen molar-refractivity contribution in [3.05, 3.63) is 35.9 Å². The highest BCUT2D eigenvalue weighted by Crippen LogP contribution is 2.25. The Labute approximate surface area is 90.1 Å². The minimum Gasteiger partial charge on any atom is -0.394 e. The Morgan fingerprint density at radius 3 is 2.80 bits per heavy atom. The van der Waals surface area contributed by atoms with Crippen LogP contribution in [-0.4, -0.2) is 30.1 Å². The standard InChI is InChI=1S/C12H15FO2/c13-11-7-10(8-14)15-12(11)6-9-4-2-1-3-5-9/h1-5,10-12,14H,6-8H2/t10-,11-,12-/m0/s1/i7D/t7?,10-,11-,12-. The molecule has 2 rings (SSSR count). The molecule has 3 heteroatoms. The van der Waals surface area contributed by atoms with E-state index in [1.807, 2.05) is 30.3 Å². The van der Waals surface area contributed by atoms with Gasteiger partial charge in [0, 0.05) is 14.2 Å². The molecule has 2 nitrogen and oxygen atoms in total. The fourth-order valence-electron chi connectivity index (χ4n) is 1.78. The van der Waals surface area contributed by atoms with Crippen molar-refractivity contribution in [1.29, 1.82) is 0 Å². The lowest BCUT2D eigenvalue weighted by Crippen LogP contribution is -2.20. The zero-order valence-electron chi connectivity index (χ0n) is 9.34. The predicted molar refractivity (Wildman–Crippen MR) is 55.4 cm³/mol. The van der Waals surface area contributed by atoms with Gasteiger partial charge in [-0.25, -0.2) is 4.39 Å². The molecular formula is C12H15FO2. The fraction of sp³-hybridized carbons (Fsp3) is 0.500. The van der Waals surface area contributed by atoms with Crippen LogP contribution >= 0.6 is 0 Å². The van der Waals surface area contributed by atoms with Crippen LogP contribution in [0.15, 0.2) is 30.3 Å². The van der Waals surface area contributed by atoms with Crippen LogP contribution < -0.4 is 0 Å². The fourth-order valence-corrected chi connectivity index (χ4v) is 1.78. The minimum atomic E-state index is -1.32. The first-order valence-corrected chi connectivity index (χ1v) is 5.09. The monoisotopic (exact) mass is 211 g/mol. The van der Waals surface area contributed by atoms with E-state index in [0.29, 0.717) is 6.42 Å². The van der Waals surface area contributed by atoms with Crippen molar-refractivity contribution in [3.8, 4) is 0 Å². The molecule has 1 aliphatic heterocycles. The van der Waals surface area contributed by atoms with Gasteiger partial charge in [-0.3, -0.25) is 0 Å². The van der Waals surface area contributed by atoms with Crippen LogP contribution in [0.5, 0.6) is 0 Å². The zero-order chi connectivity index (χ0) is 11.5. The molecule has 0 aromatic heterocycles. The molecule has 0 radical (unpaired) electrons. The average Bonchev–Trinajstić information content (AvgIpc) is 2.58. The molecule has 15 heavy (non-hydrogen) atoms. The summed E-state index contributed by atoms with van der Waals surface area (Å²) in [7, 11) is 0. The maximum Gasteiger partial charge on any atom is 0.129 e. The third-order valence-electron chi connectivity index (χ3n) is 2.56. The Kier molecular flexibility index (Phi) is 2.93. The van der Waals surface area contributed by atoms with Gasteiger partial charge >= 0.3 is 0 Å². The molecule has 0 aliphatic carbocycles. The van der Waals surface area contributed by atoms with Crippen molar-refractivity contribution in [3.63, 3.8) is 0 Å². The summed E-state index contributed by atoms with van der Waals surface area (Å²) in [6.07, 6.45) is -3.14. The molecule has 1 aliphatic rings. The number of rotatable bonds is 3. The van der Waals surface area contributed by atoms with E-state index in [1.54, 1.807) is 0 Å². The van der Waals surface area contributed by atoms with E-state index in [-0.39, 0.29) is 6.61 Å². The molecule has 82 valence electrons. The highest BCUT2D eigenvalue weighted by atomic mass is 19.1. The van der Waals surface area contributed by atoms with E-state index in [0.717, 1.165) is 5.56 Å². The van der Waals surface area contributed by atoms with Crippen LogP contribution in [0, 0.1) is 0 Å². The van der Waals surface area contributed by atoms with Crippen LogP contribution in [0.3, 0.4) is 0 Å². The Balaban J connectivity index is 2.01. The highest BCUT2D eigenvalue weighted by Gasteiger charge is 2.34. The first-order chi connectivity index (χ1) is 7.72. The second-order valence-electron chi connectivity index (χ2n) is 3.72. The van der Waals surface area contributed by atoms with E-state index in [2.05, 4.69) is 0 Å². The van der Waals surface area contributed by atoms with Crippen molar-refractivity contribution in [2.45, 2.75) is 31.2 Å². The number of alkyl halides is 1. The van der Waals surface area contributed by atoms with E-state index in [4.69, 9.17) is 11.2 Å². The van der Waals surface area contributed by atoms with Gasteiger partial charge in [-0.05, 0) is 5.56 Å². The van der Waals surface area contributed by atoms with Gasteiger partial charge in [-0.15, -0.1) is 0 Å². The minimum absolute atomic E-state index is 0.292. The molecule has 1 N–H and O–H groups in total. The second kappa shape index (κ2) is 4.73. The lowest BCUT2D eigenvalue weighted by molar-refractivity contribution is 0.00239. The summed E-state index contributed by atoms with van der Waals surface area (Å²) < 4.78 is 26.5. The smallest absolute Gasteiger partial charge is 0.129 e. The summed E-state index contributed by atoms with van der Waals surface area (Å²) in [5.41, 5.74) is 0.987. The lowest BCUT2D eigenvalue weighted by Gasteiger charge is -2.13. The van der Waals surface area contributed by atoms with Gasteiger partial charge in [0.15, 0.2) is 0 Å². The van der Waals surface area contributed by atoms with E-state index >= 15 is 0 Å². The summed E-state index contributed by atoms with van der Waals surface area (Å²) in [6, 6.07) is 9.48. The quantitative estimate of drug-likeness (QED) is 0.824. The first kappa shape index (κ1) is 9.31. The van der Waals surface area contributed by atoms with Crippen molar-refractivity contribution in [1.82, 2.24) is 0 Å². The molecule has 1 saturated heterocycles. The number of ether oxygens (including phenoxy) is 1. The summed E-state index contributed by atoms with van der Waals surface area (Å²) >= 11 is 0. The summed E-state index contributed by atoms with van der Waals surface area (Å²) in [4.78, 5) is 0. The molecule has 0 bridgehead atoms. The van der Waals surface area contributed by atoms with Gasteiger partial charge in [-0.1, -0.05) is 30.3 Å². The number of halogens is 1. The third-order valence-corrected chi connectivity index (χ3v) is 2.56. The molecule has 1 fully saturated rings. The van der Waals surface area contributed by atoms with Gasteiger partial charge < -0.3 is 9.84 Å². The number of aliphatic hydroxyl groups excluding tert-OH is 1. The third kappa shape index (κ3) is 2.55. The Hall–Kier alpha value is -0.930. The second-order valence-corrected chi connectivity index (χ2v) is 3.72. The number of hydrogen-bond acceptors (Lipinski definition) is 2. The van der Waals surface area contributed by atoms with E-state index in [9.17, 15) is 4.39 Å². The van der Waals surface area contributed by atoms with Gasteiger partial charge in [0.1, 0.15) is 6.17 Å². The van der Waals surface area contributed by atoms with Crippen LogP contribution in [0.4, 0.5) is 4.39 Å². The first-order valence-electron chi connectivity index (χ1n) is 5.66. The Morgan fingerprint density at radius 2 is 2.20 bits per heavy atom. The number of hydrogen-bond donors (Lipinski definition) is 1. The molecule has 0 spiro atoms. The lowest BCUT2D eigenvalue weighted by atomic mass is 10.0. The molecule has 4 atom stereocenters. The highest BCUT2D eigenvalue weighted by molar-refractivity contribution is 5.16. The largest absolute Gasteiger partial charge is 0.394 e. The molecule has 1 aromatic carbocycles. The van der Waals surface area contributed by atoms with Crippen molar-refractivity contribution in [2.75, 3.05) is 6.61 Å². The molecule has 0 saturated carbocycles. The molecular weight excluding hydrogens is 195 g/mol. The number of aliphatic hydroxyl groups is 1. The molecule has 0 amide bonds. The van der Waals surface area contributed by atoms with Crippen LogP contribution in [0.1, 0.15) is 13.3 Å². The Morgan fingerprint density at radius 1 is 1.47 bits per heavy atom. The molecule has 1 unspecified atom stereocenters. The summed E-state index contributed by atoms with van der Waals surface area (Å²) in [5.74, 6) is 0. The van der Waals surface area contributed by atoms with Gasteiger partial charge in [0.2, 0.25) is 0 Å². The Bertz CT molecular complexity index is 333. The van der Waals surface area contributed by atoms with Gasteiger partial charge in [0.05, 0.1) is 18.8 Å². The molecule has 1 aromatic rings.